The Morgan fingerprint density at radius 2 is 1.87 bits per heavy atom. The molecule has 0 aliphatic carbocycles. The highest BCUT2D eigenvalue weighted by atomic mass is 19.4. The number of hydrogen-bond donors (Lipinski definition) is 0. The topological polar surface area (TPSA) is 38.8 Å². The van der Waals surface area contributed by atoms with Gasteiger partial charge >= 0.3 is 12.1 Å². The molecule has 0 amide bonds. The van der Waals surface area contributed by atoms with Crippen molar-refractivity contribution >= 4 is 17.3 Å². The molecule has 120 valence electrons. The van der Waals surface area contributed by atoms with Crippen molar-refractivity contribution in [1.82, 2.24) is 0 Å². The molecule has 0 saturated carbocycles. The van der Waals surface area contributed by atoms with E-state index in [1.165, 1.54) is 24.1 Å². The zero-order valence-electron chi connectivity index (χ0n) is 12.0. The van der Waals surface area contributed by atoms with Crippen LogP contribution in [0.15, 0.2) is 48.5 Å². The molecule has 0 aromatic heterocycles. The first kappa shape index (κ1) is 15.4. The van der Waals surface area contributed by atoms with Crippen LogP contribution in [0.4, 0.5) is 24.5 Å². The number of anilines is 2. The molecule has 7 heteroatoms. The lowest BCUT2D eigenvalue weighted by Crippen LogP contribution is -2.41. The number of benzene rings is 2. The molecule has 2 aromatic carbocycles. The number of cyclic esters (lactones) is 1. The lowest BCUT2D eigenvalue weighted by atomic mass is 10.1. The van der Waals surface area contributed by atoms with Crippen molar-refractivity contribution in [2.45, 2.75) is 12.6 Å². The summed E-state index contributed by atoms with van der Waals surface area (Å²) in [5.74, 6) is -0.587. The van der Waals surface area contributed by atoms with E-state index in [4.69, 9.17) is 9.47 Å². The van der Waals surface area contributed by atoms with Crippen molar-refractivity contribution in [2.75, 3.05) is 12.0 Å². The molecular formula is C16H12F3NO3. The van der Waals surface area contributed by atoms with Crippen LogP contribution in [0, 0.1) is 0 Å². The summed E-state index contributed by atoms with van der Waals surface area (Å²) < 4.78 is 49.1. The Kier molecular flexibility index (Phi) is 3.73. The number of methoxy groups -OCH3 is 1. The van der Waals surface area contributed by atoms with Gasteiger partial charge in [0.25, 0.3) is 6.41 Å². The van der Waals surface area contributed by atoms with Gasteiger partial charge in [0.15, 0.2) is 0 Å². The highest BCUT2D eigenvalue weighted by molar-refractivity contribution is 5.98. The van der Waals surface area contributed by atoms with Crippen LogP contribution < -0.4 is 4.90 Å². The monoisotopic (exact) mass is 323 g/mol. The molecule has 1 aliphatic rings. The molecule has 2 aromatic rings. The molecule has 4 nitrogen and oxygen atoms in total. The Hall–Kier alpha value is -2.54. The van der Waals surface area contributed by atoms with Crippen LogP contribution in [-0.2, 0) is 15.7 Å². The highest BCUT2D eigenvalue weighted by Gasteiger charge is 2.36. The number of halogens is 3. The average Bonchev–Trinajstić information content (AvgIpc) is 2.54. The maximum absolute atomic E-state index is 12.9. The third-order valence-electron chi connectivity index (χ3n) is 3.46. The van der Waals surface area contributed by atoms with Gasteiger partial charge in [-0.25, -0.2) is 4.79 Å². The minimum absolute atomic E-state index is 0.214. The van der Waals surface area contributed by atoms with Gasteiger partial charge in [0.1, 0.15) is 0 Å². The van der Waals surface area contributed by atoms with Gasteiger partial charge in [0.2, 0.25) is 0 Å². The molecule has 0 fully saturated rings. The molecule has 0 radical (unpaired) electrons. The van der Waals surface area contributed by atoms with E-state index < -0.39 is 24.1 Å². The van der Waals surface area contributed by atoms with Crippen molar-refractivity contribution in [1.29, 1.82) is 0 Å². The zero-order valence-corrected chi connectivity index (χ0v) is 12.0. The van der Waals surface area contributed by atoms with E-state index in [2.05, 4.69) is 0 Å². The van der Waals surface area contributed by atoms with E-state index >= 15 is 0 Å². The van der Waals surface area contributed by atoms with Gasteiger partial charge in [-0.3, -0.25) is 4.90 Å². The number of esters is 1. The van der Waals surface area contributed by atoms with Crippen LogP contribution in [0.25, 0.3) is 0 Å². The lowest BCUT2D eigenvalue weighted by Gasteiger charge is -2.36. The maximum atomic E-state index is 12.9. The van der Waals surface area contributed by atoms with Crippen LogP contribution >= 0.6 is 0 Å². The molecule has 1 unspecified atom stereocenters. The molecule has 0 N–H and O–H groups in total. The van der Waals surface area contributed by atoms with Gasteiger partial charge in [-0.1, -0.05) is 18.2 Å². The van der Waals surface area contributed by atoms with Crippen LogP contribution in [-0.4, -0.2) is 19.5 Å². The van der Waals surface area contributed by atoms with Gasteiger partial charge in [-0.15, -0.1) is 0 Å². The molecule has 0 spiro atoms. The largest absolute Gasteiger partial charge is 0.416 e. The first-order chi connectivity index (χ1) is 10.9. The van der Waals surface area contributed by atoms with Gasteiger partial charge in [0, 0.05) is 12.8 Å². The van der Waals surface area contributed by atoms with Gasteiger partial charge in [-0.05, 0) is 30.3 Å². The SMILES string of the molecule is COC1OC(=O)c2ccccc2N1c1cccc(C(F)(F)F)c1. The minimum Gasteiger partial charge on any atom is -0.412 e. The number of hydrogen-bond acceptors (Lipinski definition) is 4. The van der Waals surface area contributed by atoms with Crippen molar-refractivity contribution in [3.8, 4) is 0 Å². The lowest BCUT2D eigenvalue weighted by molar-refractivity contribution is -0.137. The number of para-hydroxylation sites is 1. The van der Waals surface area contributed by atoms with Gasteiger partial charge in [-0.2, -0.15) is 13.2 Å². The molecule has 3 rings (SSSR count). The van der Waals surface area contributed by atoms with E-state index in [-0.39, 0.29) is 11.3 Å². The van der Waals surface area contributed by atoms with Gasteiger partial charge in [0.05, 0.1) is 16.8 Å². The van der Waals surface area contributed by atoms with Crippen molar-refractivity contribution in [3.05, 3.63) is 59.7 Å². The number of carbonyl (C=O) groups excluding carboxylic acids is 1. The molecule has 0 bridgehead atoms. The smallest absolute Gasteiger partial charge is 0.412 e. The quantitative estimate of drug-likeness (QED) is 0.785. The molecular weight excluding hydrogens is 311 g/mol. The van der Waals surface area contributed by atoms with Crippen LogP contribution in [0.5, 0.6) is 0 Å². The molecule has 0 saturated heterocycles. The number of alkyl halides is 3. The highest BCUT2D eigenvalue weighted by Crippen LogP contribution is 2.38. The fourth-order valence-electron chi connectivity index (χ4n) is 2.42. The summed E-state index contributed by atoms with van der Waals surface area (Å²) in [6, 6.07) is 11.3. The molecule has 1 aliphatic heterocycles. The zero-order chi connectivity index (χ0) is 16.6. The normalized spacial score (nSPS) is 17.7. The Morgan fingerprint density at radius 1 is 1.13 bits per heavy atom. The first-order valence-corrected chi connectivity index (χ1v) is 6.71. The Morgan fingerprint density at radius 3 is 2.57 bits per heavy atom. The fourth-order valence-corrected chi connectivity index (χ4v) is 2.42. The third-order valence-corrected chi connectivity index (χ3v) is 3.46. The summed E-state index contributed by atoms with van der Waals surface area (Å²) in [5.41, 5.74) is 0.110. The first-order valence-electron chi connectivity index (χ1n) is 6.71. The standard InChI is InChI=1S/C16H12F3NO3/c1-22-15-20(11-6-4-5-10(9-11)16(17,18)19)13-8-3-2-7-12(13)14(21)23-15/h2-9,15H,1H3. The van der Waals surface area contributed by atoms with E-state index in [9.17, 15) is 18.0 Å². The maximum Gasteiger partial charge on any atom is 0.416 e. The Bertz CT molecular complexity index is 745. The predicted octanol–water partition coefficient (Wildman–Crippen LogP) is 3.94. The van der Waals surface area contributed by atoms with Crippen molar-refractivity contribution < 1.29 is 27.4 Å². The number of carbonyl (C=O) groups is 1. The van der Waals surface area contributed by atoms with Gasteiger partial charge < -0.3 is 9.47 Å². The van der Waals surface area contributed by atoms with Crippen LogP contribution in [0.3, 0.4) is 0 Å². The van der Waals surface area contributed by atoms with Crippen molar-refractivity contribution in [3.63, 3.8) is 0 Å². The fraction of sp³-hybridized carbons (Fsp3) is 0.188. The second-order valence-corrected chi connectivity index (χ2v) is 4.88. The van der Waals surface area contributed by atoms with E-state index in [1.807, 2.05) is 0 Å². The number of rotatable bonds is 2. The summed E-state index contributed by atoms with van der Waals surface area (Å²) in [7, 11) is 1.31. The number of fused-ring (bicyclic) bond motifs is 1. The molecule has 1 atom stereocenters. The molecule has 23 heavy (non-hydrogen) atoms. The Balaban J connectivity index is 2.13. The summed E-state index contributed by atoms with van der Waals surface area (Å²) >= 11 is 0. The van der Waals surface area contributed by atoms with Crippen molar-refractivity contribution in [2.24, 2.45) is 0 Å². The summed E-state index contributed by atoms with van der Waals surface area (Å²) in [6.45, 7) is 0. The molecule has 1 heterocycles. The van der Waals surface area contributed by atoms with Crippen LogP contribution in [0.2, 0.25) is 0 Å². The van der Waals surface area contributed by atoms with E-state index in [0.717, 1.165) is 12.1 Å². The summed E-state index contributed by atoms with van der Waals surface area (Å²) in [4.78, 5) is 13.4. The van der Waals surface area contributed by atoms with Crippen LogP contribution in [0.1, 0.15) is 15.9 Å². The minimum atomic E-state index is -4.47. The predicted molar refractivity (Wildman–Crippen MR) is 76.2 cm³/mol. The number of nitrogens with zero attached hydrogens (tertiary/aromatic N) is 1. The third kappa shape index (κ3) is 2.75. The second kappa shape index (κ2) is 5.58. The van der Waals surface area contributed by atoms with E-state index in [0.29, 0.717) is 5.69 Å². The summed E-state index contributed by atoms with van der Waals surface area (Å²) in [6.07, 6.45) is -5.61. The average molecular weight is 323 g/mol. The number of ether oxygens (including phenoxy) is 2. The second-order valence-electron chi connectivity index (χ2n) is 4.88. The van der Waals surface area contributed by atoms with E-state index in [1.54, 1.807) is 24.3 Å². The Labute approximate surface area is 130 Å². The summed E-state index contributed by atoms with van der Waals surface area (Å²) in [5, 5.41) is 0.